The summed E-state index contributed by atoms with van der Waals surface area (Å²) < 4.78 is 2.27. The van der Waals surface area contributed by atoms with Gasteiger partial charge in [0.2, 0.25) is 5.91 Å². The molecule has 0 unspecified atom stereocenters. The summed E-state index contributed by atoms with van der Waals surface area (Å²) in [5.74, 6) is 1.11. The number of amides is 1. The number of thiophene rings is 1. The van der Waals surface area contributed by atoms with Crippen LogP contribution in [0.2, 0.25) is 0 Å². The summed E-state index contributed by atoms with van der Waals surface area (Å²) in [6.07, 6.45) is 6.77. The van der Waals surface area contributed by atoms with E-state index in [2.05, 4.69) is 43.7 Å². The predicted octanol–water partition coefficient (Wildman–Crippen LogP) is 5.04. The van der Waals surface area contributed by atoms with Crippen molar-refractivity contribution in [1.29, 1.82) is 5.26 Å². The lowest BCUT2D eigenvalue weighted by molar-refractivity contribution is -0.113. The summed E-state index contributed by atoms with van der Waals surface area (Å²) in [5, 5.41) is 23.7. The van der Waals surface area contributed by atoms with Crippen LogP contribution in [0, 0.1) is 11.3 Å². The Balaban J connectivity index is 1.46. The van der Waals surface area contributed by atoms with Gasteiger partial charge in [0.15, 0.2) is 5.16 Å². The molecule has 30 heavy (non-hydrogen) atoms. The number of rotatable bonds is 7. The van der Waals surface area contributed by atoms with Crippen molar-refractivity contribution in [2.75, 3.05) is 11.1 Å². The van der Waals surface area contributed by atoms with E-state index < -0.39 is 0 Å². The van der Waals surface area contributed by atoms with E-state index in [9.17, 15) is 4.79 Å². The van der Waals surface area contributed by atoms with Gasteiger partial charge in [0.25, 0.3) is 0 Å². The fourth-order valence-corrected chi connectivity index (χ4v) is 5.32. The Labute approximate surface area is 184 Å². The van der Waals surface area contributed by atoms with Gasteiger partial charge in [-0.2, -0.15) is 5.26 Å². The monoisotopic (exact) mass is 437 g/mol. The number of carbonyl (C=O) groups is 1. The summed E-state index contributed by atoms with van der Waals surface area (Å²) in [6, 6.07) is 13.6. The fraction of sp³-hybridized carbons (Fsp3) is 0.364. The van der Waals surface area contributed by atoms with Crippen LogP contribution in [0.5, 0.6) is 0 Å². The number of benzene rings is 1. The van der Waals surface area contributed by atoms with E-state index in [1.165, 1.54) is 35.9 Å². The molecule has 8 heteroatoms. The molecular weight excluding hydrogens is 414 g/mol. The third-order valence-electron chi connectivity index (χ3n) is 5.20. The highest BCUT2D eigenvalue weighted by atomic mass is 32.2. The molecule has 6 nitrogen and oxygen atoms in total. The number of thioether (sulfide) groups is 1. The van der Waals surface area contributed by atoms with Crippen LogP contribution in [0.4, 0.5) is 5.69 Å². The van der Waals surface area contributed by atoms with Gasteiger partial charge in [0.05, 0.1) is 17.4 Å². The predicted molar refractivity (Wildman–Crippen MR) is 120 cm³/mol. The number of aromatic nitrogens is 3. The molecule has 4 rings (SSSR count). The molecule has 0 aliphatic heterocycles. The maximum atomic E-state index is 12.5. The van der Waals surface area contributed by atoms with Gasteiger partial charge in [0, 0.05) is 23.0 Å². The van der Waals surface area contributed by atoms with E-state index in [0.717, 1.165) is 30.2 Å². The lowest BCUT2D eigenvalue weighted by Crippen LogP contribution is -2.18. The Kier molecular flexibility index (Phi) is 6.82. The molecule has 0 saturated heterocycles. The Hall–Kier alpha value is -2.63. The Morgan fingerprint density at radius 2 is 2.10 bits per heavy atom. The zero-order valence-corrected chi connectivity index (χ0v) is 18.2. The molecule has 0 bridgehead atoms. The zero-order chi connectivity index (χ0) is 20.8. The topological polar surface area (TPSA) is 83.6 Å². The smallest absolute Gasteiger partial charge is 0.234 e. The summed E-state index contributed by atoms with van der Waals surface area (Å²) in [7, 11) is 0. The van der Waals surface area contributed by atoms with Gasteiger partial charge in [-0.3, -0.25) is 4.79 Å². The maximum Gasteiger partial charge on any atom is 0.234 e. The van der Waals surface area contributed by atoms with E-state index in [0.29, 0.717) is 17.3 Å². The first-order valence-electron chi connectivity index (χ1n) is 10.1. The van der Waals surface area contributed by atoms with E-state index >= 15 is 0 Å². The highest BCUT2D eigenvalue weighted by molar-refractivity contribution is 7.99. The van der Waals surface area contributed by atoms with Crippen molar-refractivity contribution in [3.05, 3.63) is 58.0 Å². The Morgan fingerprint density at radius 3 is 2.87 bits per heavy atom. The molecule has 1 aliphatic carbocycles. The standard InChI is InChI=1S/C22H23N5OS2/c23-14-16-6-4-7-17(12-16)24-21(28)15-30-22-26-25-20(13-19-10-5-11-29-19)27(22)18-8-2-1-3-9-18/h4-7,10-12,18H,1-3,8-9,13,15H2,(H,24,28). The molecule has 1 aliphatic rings. The molecule has 2 aromatic heterocycles. The fourth-order valence-electron chi connectivity index (χ4n) is 3.80. The minimum absolute atomic E-state index is 0.118. The van der Waals surface area contributed by atoms with Crippen LogP contribution in [-0.4, -0.2) is 26.4 Å². The number of nitrogens with zero attached hydrogens (tertiary/aromatic N) is 4. The van der Waals surface area contributed by atoms with Crippen molar-refractivity contribution in [2.45, 2.75) is 49.7 Å². The van der Waals surface area contributed by atoms with Crippen molar-refractivity contribution >= 4 is 34.7 Å². The van der Waals surface area contributed by atoms with Gasteiger partial charge in [-0.15, -0.1) is 21.5 Å². The van der Waals surface area contributed by atoms with Crippen molar-refractivity contribution in [2.24, 2.45) is 0 Å². The molecule has 154 valence electrons. The second-order valence-corrected chi connectivity index (χ2v) is 9.32. The van der Waals surface area contributed by atoms with Crippen molar-refractivity contribution in [3.63, 3.8) is 0 Å². The average molecular weight is 438 g/mol. The second-order valence-electron chi connectivity index (χ2n) is 7.35. The number of anilines is 1. The minimum atomic E-state index is -0.118. The molecule has 1 saturated carbocycles. The first-order valence-corrected chi connectivity index (χ1v) is 12.0. The average Bonchev–Trinajstić information content (AvgIpc) is 3.43. The molecule has 0 spiro atoms. The van der Waals surface area contributed by atoms with Crippen molar-refractivity contribution in [1.82, 2.24) is 14.8 Å². The van der Waals surface area contributed by atoms with E-state index in [1.54, 1.807) is 35.6 Å². The van der Waals surface area contributed by atoms with Gasteiger partial charge in [-0.25, -0.2) is 0 Å². The van der Waals surface area contributed by atoms with Crippen LogP contribution >= 0.6 is 23.1 Å². The van der Waals surface area contributed by atoms with Crippen molar-refractivity contribution < 1.29 is 4.79 Å². The third-order valence-corrected chi connectivity index (χ3v) is 7.01. The lowest BCUT2D eigenvalue weighted by Gasteiger charge is -2.25. The number of carbonyl (C=O) groups excluding carboxylic acids is 1. The molecule has 2 heterocycles. The van der Waals surface area contributed by atoms with E-state index in [-0.39, 0.29) is 11.7 Å². The summed E-state index contributed by atoms with van der Waals surface area (Å²) in [4.78, 5) is 13.7. The molecule has 0 atom stereocenters. The largest absolute Gasteiger partial charge is 0.325 e. The van der Waals surface area contributed by atoms with Crippen LogP contribution in [0.3, 0.4) is 0 Å². The first kappa shape index (κ1) is 20.6. The highest BCUT2D eigenvalue weighted by Gasteiger charge is 2.23. The van der Waals surface area contributed by atoms with E-state index in [4.69, 9.17) is 5.26 Å². The number of nitrogens with one attached hydrogen (secondary N) is 1. The summed E-state index contributed by atoms with van der Waals surface area (Å²) >= 11 is 3.16. The second kappa shape index (κ2) is 9.92. The summed E-state index contributed by atoms with van der Waals surface area (Å²) in [5.41, 5.74) is 1.16. The van der Waals surface area contributed by atoms with Crippen LogP contribution < -0.4 is 5.32 Å². The molecule has 1 amide bonds. The van der Waals surface area contributed by atoms with Gasteiger partial charge >= 0.3 is 0 Å². The molecule has 3 aromatic rings. The van der Waals surface area contributed by atoms with E-state index in [1.807, 2.05) is 0 Å². The zero-order valence-electron chi connectivity index (χ0n) is 16.6. The first-order chi connectivity index (χ1) is 14.7. The Morgan fingerprint density at radius 1 is 1.23 bits per heavy atom. The Bertz CT molecular complexity index is 1030. The minimum Gasteiger partial charge on any atom is -0.325 e. The number of hydrogen-bond acceptors (Lipinski definition) is 6. The quantitative estimate of drug-likeness (QED) is 0.524. The lowest BCUT2D eigenvalue weighted by atomic mass is 9.95. The normalized spacial score (nSPS) is 14.4. The number of nitriles is 1. The molecular formula is C22H23N5OS2. The molecule has 1 N–H and O–H groups in total. The van der Waals surface area contributed by atoms with Gasteiger partial charge in [-0.1, -0.05) is 43.2 Å². The van der Waals surface area contributed by atoms with Gasteiger partial charge in [0.1, 0.15) is 5.82 Å². The maximum absolute atomic E-state index is 12.5. The molecule has 0 radical (unpaired) electrons. The number of hydrogen-bond donors (Lipinski definition) is 1. The molecule has 1 fully saturated rings. The summed E-state index contributed by atoms with van der Waals surface area (Å²) in [6.45, 7) is 0. The SMILES string of the molecule is N#Cc1cccc(NC(=O)CSc2nnc(Cc3cccs3)n2C2CCCCC2)c1. The van der Waals surface area contributed by atoms with Crippen LogP contribution in [0.25, 0.3) is 0 Å². The highest BCUT2D eigenvalue weighted by Crippen LogP contribution is 2.33. The van der Waals surface area contributed by atoms with Gasteiger partial charge in [-0.05, 0) is 42.5 Å². The molecule has 1 aromatic carbocycles. The van der Waals surface area contributed by atoms with Gasteiger partial charge < -0.3 is 9.88 Å². The van der Waals surface area contributed by atoms with Crippen LogP contribution in [0.1, 0.15) is 54.4 Å². The van der Waals surface area contributed by atoms with Crippen molar-refractivity contribution in [3.8, 4) is 6.07 Å². The van der Waals surface area contributed by atoms with Crippen LogP contribution in [0.15, 0.2) is 46.9 Å². The third kappa shape index (κ3) is 5.10. The van der Waals surface area contributed by atoms with Crippen LogP contribution in [-0.2, 0) is 11.2 Å².